The standard InChI is InChI=1S/C15H12F3N3O3S/c16-15(17,18)24-11-4-1-3-10(7-11)8-21-25(22,23)14-12-5-2-6-19-13(12)9-20-14/h1-7,21H,8-9H2. The van der Waals surface area contributed by atoms with Gasteiger partial charge in [-0.15, -0.1) is 13.2 Å². The molecule has 0 radical (unpaired) electrons. The highest BCUT2D eigenvalue weighted by atomic mass is 32.2. The van der Waals surface area contributed by atoms with Crippen LogP contribution in [0.5, 0.6) is 5.75 Å². The predicted octanol–water partition coefficient (Wildman–Crippen LogP) is 2.36. The average Bonchev–Trinajstić information content (AvgIpc) is 2.97. The van der Waals surface area contributed by atoms with E-state index in [1.54, 1.807) is 18.3 Å². The Morgan fingerprint density at radius 2 is 2.00 bits per heavy atom. The first-order chi connectivity index (χ1) is 11.7. The Bertz CT molecular complexity index is 927. The molecule has 0 saturated carbocycles. The smallest absolute Gasteiger partial charge is 0.406 e. The Morgan fingerprint density at radius 3 is 2.76 bits per heavy atom. The maximum Gasteiger partial charge on any atom is 0.573 e. The normalized spacial score (nSPS) is 14.1. The molecule has 132 valence electrons. The number of nitrogens with one attached hydrogen (secondary N) is 1. The molecule has 0 fully saturated rings. The first-order valence-corrected chi connectivity index (χ1v) is 8.56. The predicted molar refractivity (Wildman–Crippen MR) is 83.4 cm³/mol. The van der Waals surface area contributed by atoms with E-state index in [4.69, 9.17) is 0 Å². The van der Waals surface area contributed by atoms with Gasteiger partial charge in [-0.1, -0.05) is 12.1 Å². The third kappa shape index (κ3) is 4.15. The lowest BCUT2D eigenvalue weighted by Crippen LogP contribution is -2.30. The summed E-state index contributed by atoms with van der Waals surface area (Å²) in [7, 11) is -3.92. The molecular formula is C15H12F3N3O3S. The van der Waals surface area contributed by atoms with E-state index in [1.165, 1.54) is 12.1 Å². The number of aliphatic imine (C=N–C) groups is 1. The summed E-state index contributed by atoms with van der Waals surface area (Å²) >= 11 is 0. The molecule has 0 unspecified atom stereocenters. The second kappa shape index (κ2) is 6.45. The van der Waals surface area contributed by atoms with Crippen LogP contribution in [-0.4, -0.2) is 24.8 Å². The molecule has 1 N–H and O–H groups in total. The lowest BCUT2D eigenvalue weighted by Gasteiger charge is -2.11. The number of alkyl halides is 3. The fraction of sp³-hybridized carbons (Fsp3) is 0.200. The van der Waals surface area contributed by atoms with Gasteiger partial charge in [0, 0.05) is 18.3 Å². The third-order valence-corrected chi connectivity index (χ3v) is 4.73. The number of sulfonamides is 1. The molecule has 1 aliphatic rings. The highest BCUT2D eigenvalue weighted by Crippen LogP contribution is 2.24. The fourth-order valence-corrected chi connectivity index (χ4v) is 3.52. The van der Waals surface area contributed by atoms with E-state index >= 15 is 0 Å². The second-order valence-electron chi connectivity index (χ2n) is 5.14. The number of rotatable bonds is 4. The van der Waals surface area contributed by atoms with E-state index in [2.05, 4.69) is 19.4 Å². The van der Waals surface area contributed by atoms with Crippen LogP contribution in [0.15, 0.2) is 47.6 Å². The van der Waals surface area contributed by atoms with Crippen LogP contribution in [0.25, 0.3) is 0 Å². The maximum absolute atomic E-state index is 12.4. The molecule has 0 bridgehead atoms. The van der Waals surface area contributed by atoms with Crippen molar-refractivity contribution in [1.29, 1.82) is 0 Å². The van der Waals surface area contributed by atoms with Gasteiger partial charge in [-0.2, -0.15) is 0 Å². The Hall–Kier alpha value is -2.46. The van der Waals surface area contributed by atoms with Crippen LogP contribution >= 0.6 is 0 Å². The SMILES string of the molecule is O=S(=O)(NCc1cccc(OC(F)(F)F)c1)C1=NCc2ncccc21. The summed E-state index contributed by atoms with van der Waals surface area (Å²) in [5, 5.41) is -0.127. The summed E-state index contributed by atoms with van der Waals surface area (Å²) in [6, 6.07) is 8.28. The van der Waals surface area contributed by atoms with Gasteiger partial charge in [0.25, 0.3) is 10.0 Å². The van der Waals surface area contributed by atoms with Crippen molar-refractivity contribution >= 4 is 15.1 Å². The van der Waals surface area contributed by atoms with E-state index in [9.17, 15) is 21.6 Å². The molecule has 6 nitrogen and oxygen atoms in total. The van der Waals surface area contributed by atoms with Gasteiger partial charge in [0.15, 0.2) is 5.04 Å². The van der Waals surface area contributed by atoms with Gasteiger partial charge in [0.1, 0.15) is 5.75 Å². The molecule has 1 aromatic carbocycles. The van der Waals surface area contributed by atoms with Crippen LogP contribution in [0.2, 0.25) is 0 Å². The monoisotopic (exact) mass is 371 g/mol. The van der Waals surface area contributed by atoms with Gasteiger partial charge < -0.3 is 4.74 Å². The van der Waals surface area contributed by atoms with Crippen LogP contribution in [-0.2, 0) is 23.1 Å². The first-order valence-electron chi connectivity index (χ1n) is 7.08. The molecule has 3 rings (SSSR count). The quantitative estimate of drug-likeness (QED) is 0.895. The molecule has 1 aromatic heterocycles. The van der Waals surface area contributed by atoms with Crippen LogP contribution in [0.4, 0.5) is 13.2 Å². The lowest BCUT2D eigenvalue weighted by molar-refractivity contribution is -0.274. The van der Waals surface area contributed by atoms with Crippen LogP contribution in [0.3, 0.4) is 0 Å². The van der Waals surface area contributed by atoms with Crippen molar-refractivity contribution in [3.8, 4) is 5.75 Å². The molecule has 2 heterocycles. The number of benzene rings is 1. The molecule has 10 heteroatoms. The van der Waals surface area contributed by atoms with E-state index in [0.717, 1.165) is 12.1 Å². The minimum absolute atomic E-state index is 0.127. The highest BCUT2D eigenvalue weighted by molar-refractivity contribution is 8.05. The number of halogens is 3. The molecule has 25 heavy (non-hydrogen) atoms. The van der Waals surface area contributed by atoms with Gasteiger partial charge in [-0.3, -0.25) is 9.98 Å². The molecule has 0 aliphatic carbocycles. The maximum atomic E-state index is 12.4. The molecule has 0 atom stereocenters. The molecule has 0 amide bonds. The number of pyridine rings is 1. The summed E-state index contributed by atoms with van der Waals surface area (Å²) in [6.07, 6.45) is -3.27. The summed E-state index contributed by atoms with van der Waals surface area (Å²) in [4.78, 5) is 8.04. The highest BCUT2D eigenvalue weighted by Gasteiger charge is 2.31. The summed E-state index contributed by atoms with van der Waals surface area (Å²) in [5.74, 6) is -0.419. The zero-order chi connectivity index (χ0) is 18.1. The molecule has 1 aliphatic heterocycles. The van der Waals surface area contributed by atoms with E-state index in [-0.39, 0.29) is 18.1 Å². The van der Waals surface area contributed by atoms with Gasteiger partial charge in [0.2, 0.25) is 0 Å². The number of hydrogen-bond donors (Lipinski definition) is 1. The van der Waals surface area contributed by atoms with Crippen molar-refractivity contribution in [3.63, 3.8) is 0 Å². The van der Waals surface area contributed by atoms with Crippen molar-refractivity contribution in [1.82, 2.24) is 9.71 Å². The van der Waals surface area contributed by atoms with Crippen LogP contribution < -0.4 is 9.46 Å². The third-order valence-electron chi connectivity index (χ3n) is 3.35. The molecule has 0 spiro atoms. The zero-order valence-electron chi connectivity index (χ0n) is 12.6. The Labute approximate surface area is 141 Å². The number of nitrogens with zero attached hydrogens (tertiary/aromatic N) is 2. The minimum Gasteiger partial charge on any atom is -0.406 e. The van der Waals surface area contributed by atoms with Crippen LogP contribution in [0, 0.1) is 0 Å². The van der Waals surface area contributed by atoms with Crippen molar-refractivity contribution < 1.29 is 26.3 Å². The van der Waals surface area contributed by atoms with E-state index in [0.29, 0.717) is 16.8 Å². The van der Waals surface area contributed by atoms with Gasteiger partial charge in [0.05, 0.1) is 12.2 Å². The summed E-state index contributed by atoms with van der Waals surface area (Å²) < 4.78 is 67.7. The number of aromatic nitrogens is 1. The van der Waals surface area contributed by atoms with Gasteiger partial charge in [-0.05, 0) is 29.8 Å². The largest absolute Gasteiger partial charge is 0.573 e. The Morgan fingerprint density at radius 1 is 1.20 bits per heavy atom. The summed E-state index contributed by atoms with van der Waals surface area (Å²) in [6.45, 7) is -0.0344. The van der Waals surface area contributed by atoms with Crippen molar-refractivity contribution in [2.45, 2.75) is 19.5 Å². The van der Waals surface area contributed by atoms with Crippen molar-refractivity contribution in [3.05, 3.63) is 59.4 Å². The fourth-order valence-electron chi connectivity index (χ4n) is 2.32. The summed E-state index contributed by atoms with van der Waals surface area (Å²) in [5.41, 5.74) is 1.29. The Kier molecular flexibility index (Phi) is 4.48. The van der Waals surface area contributed by atoms with E-state index < -0.39 is 22.1 Å². The van der Waals surface area contributed by atoms with Crippen LogP contribution in [0.1, 0.15) is 16.8 Å². The number of fused-ring (bicyclic) bond motifs is 1. The van der Waals surface area contributed by atoms with Crippen molar-refractivity contribution in [2.75, 3.05) is 0 Å². The van der Waals surface area contributed by atoms with Crippen molar-refractivity contribution in [2.24, 2.45) is 4.99 Å². The first kappa shape index (κ1) is 17.4. The number of hydrogen-bond acceptors (Lipinski definition) is 5. The molecule has 2 aromatic rings. The lowest BCUT2D eigenvalue weighted by atomic mass is 10.2. The average molecular weight is 371 g/mol. The zero-order valence-corrected chi connectivity index (χ0v) is 13.4. The Balaban J connectivity index is 1.73. The molecule has 0 saturated heterocycles. The minimum atomic E-state index is -4.81. The topological polar surface area (TPSA) is 80.7 Å². The molecular weight excluding hydrogens is 359 g/mol. The number of ether oxygens (including phenoxy) is 1. The van der Waals surface area contributed by atoms with Gasteiger partial charge in [-0.25, -0.2) is 13.1 Å². The van der Waals surface area contributed by atoms with E-state index in [1.807, 2.05) is 0 Å². The van der Waals surface area contributed by atoms with Gasteiger partial charge >= 0.3 is 6.36 Å². The second-order valence-corrected chi connectivity index (χ2v) is 6.82.